The van der Waals surface area contributed by atoms with Gasteiger partial charge in [-0.3, -0.25) is 14.5 Å². The number of benzene rings is 1. The van der Waals surface area contributed by atoms with E-state index in [4.69, 9.17) is 4.74 Å². The first-order chi connectivity index (χ1) is 10.1. The van der Waals surface area contributed by atoms with Crippen molar-refractivity contribution in [2.45, 2.75) is 45.2 Å². The van der Waals surface area contributed by atoms with Gasteiger partial charge >= 0.3 is 0 Å². The molecule has 2 unspecified atom stereocenters. The van der Waals surface area contributed by atoms with Crippen molar-refractivity contribution in [3.05, 3.63) is 24.3 Å². The van der Waals surface area contributed by atoms with E-state index < -0.39 is 6.04 Å². The number of rotatable bonds is 5. The normalized spacial score (nSPS) is 19.5. The summed E-state index contributed by atoms with van der Waals surface area (Å²) in [5.74, 6) is 0.640. The van der Waals surface area contributed by atoms with Crippen LogP contribution in [0.2, 0.25) is 0 Å². The fraction of sp³-hybridized carbons (Fsp3) is 0.500. The van der Waals surface area contributed by atoms with Crippen LogP contribution in [-0.2, 0) is 9.59 Å². The van der Waals surface area contributed by atoms with Gasteiger partial charge in [0.05, 0.1) is 7.11 Å². The number of methoxy groups -OCH3 is 1. The van der Waals surface area contributed by atoms with Crippen molar-refractivity contribution in [1.82, 2.24) is 5.32 Å². The third-order valence-electron chi connectivity index (χ3n) is 3.87. The Morgan fingerprint density at radius 1 is 1.43 bits per heavy atom. The lowest BCUT2D eigenvalue weighted by Crippen LogP contribution is -2.47. The average molecular weight is 290 g/mol. The summed E-state index contributed by atoms with van der Waals surface area (Å²) in [5.41, 5.74) is 0.739. The zero-order chi connectivity index (χ0) is 15.4. The highest BCUT2D eigenvalue weighted by Gasteiger charge is 2.37. The van der Waals surface area contributed by atoms with Gasteiger partial charge in [0.25, 0.3) is 0 Å². The summed E-state index contributed by atoms with van der Waals surface area (Å²) in [6.45, 7) is 3.98. The first-order valence-electron chi connectivity index (χ1n) is 7.33. The third kappa shape index (κ3) is 3.35. The van der Waals surface area contributed by atoms with Crippen molar-refractivity contribution in [3.63, 3.8) is 0 Å². The summed E-state index contributed by atoms with van der Waals surface area (Å²) in [5, 5.41) is 2.96. The molecule has 5 heteroatoms. The number of hydrogen-bond donors (Lipinski definition) is 1. The molecule has 0 radical (unpaired) electrons. The highest BCUT2D eigenvalue weighted by atomic mass is 16.5. The predicted molar refractivity (Wildman–Crippen MR) is 81.4 cm³/mol. The Labute approximate surface area is 125 Å². The van der Waals surface area contributed by atoms with Crippen LogP contribution in [0.5, 0.6) is 5.75 Å². The second kappa shape index (κ2) is 6.61. The van der Waals surface area contributed by atoms with Crippen LogP contribution in [-0.4, -0.2) is 31.0 Å². The standard InChI is InChI=1S/C16H22N2O3/c1-4-11(2)17-16(20)14-9-10-15(19)18(14)12-5-7-13(21-3)8-6-12/h5-8,11,14H,4,9-10H2,1-3H3,(H,17,20). The van der Waals surface area contributed by atoms with Crippen LogP contribution in [0.3, 0.4) is 0 Å². The van der Waals surface area contributed by atoms with Crippen LogP contribution in [0.15, 0.2) is 24.3 Å². The summed E-state index contributed by atoms with van der Waals surface area (Å²) in [4.78, 5) is 26.0. The molecule has 1 aliphatic heterocycles. The average Bonchev–Trinajstić information content (AvgIpc) is 2.89. The molecule has 1 fully saturated rings. The van der Waals surface area contributed by atoms with Crippen molar-refractivity contribution in [3.8, 4) is 5.75 Å². The van der Waals surface area contributed by atoms with Gasteiger partial charge in [-0.25, -0.2) is 0 Å². The highest BCUT2D eigenvalue weighted by molar-refractivity contribution is 6.03. The number of amides is 2. The maximum Gasteiger partial charge on any atom is 0.243 e. The van der Waals surface area contributed by atoms with Crippen LogP contribution in [0.25, 0.3) is 0 Å². The van der Waals surface area contributed by atoms with Crippen molar-refractivity contribution in [2.24, 2.45) is 0 Å². The Morgan fingerprint density at radius 2 is 2.10 bits per heavy atom. The molecular weight excluding hydrogens is 268 g/mol. The second-order valence-corrected chi connectivity index (χ2v) is 5.33. The number of anilines is 1. The topological polar surface area (TPSA) is 58.6 Å². The number of nitrogens with zero attached hydrogens (tertiary/aromatic N) is 1. The number of carbonyl (C=O) groups excluding carboxylic acids is 2. The molecule has 1 N–H and O–H groups in total. The van der Waals surface area contributed by atoms with Crippen molar-refractivity contribution >= 4 is 17.5 Å². The molecule has 0 aromatic heterocycles. The van der Waals surface area contributed by atoms with Crippen LogP contribution in [0.1, 0.15) is 33.1 Å². The van der Waals surface area contributed by atoms with Crippen LogP contribution >= 0.6 is 0 Å². The smallest absolute Gasteiger partial charge is 0.243 e. The summed E-state index contributed by atoms with van der Waals surface area (Å²) in [7, 11) is 1.60. The number of nitrogens with one attached hydrogen (secondary N) is 1. The molecule has 2 rings (SSSR count). The number of carbonyl (C=O) groups is 2. The lowest BCUT2D eigenvalue weighted by Gasteiger charge is -2.25. The van der Waals surface area contributed by atoms with Crippen molar-refractivity contribution < 1.29 is 14.3 Å². The molecule has 1 heterocycles. The molecule has 0 aliphatic carbocycles. The molecule has 114 valence electrons. The minimum atomic E-state index is -0.417. The quantitative estimate of drug-likeness (QED) is 0.903. The zero-order valence-electron chi connectivity index (χ0n) is 12.8. The fourth-order valence-corrected chi connectivity index (χ4v) is 2.44. The number of ether oxygens (including phenoxy) is 1. The van der Waals surface area contributed by atoms with E-state index in [0.29, 0.717) is 12.8 Å². The van der Waals surface area contributed by atoms with Gasteiger partial charge < -0.3 is 10.1 Å². The van der Waals surface area contributed by atoms with Crippen molar-refractivity contribution in [2.75, 3.05) is 12.0 Å². The van der Waals surface area contributed by atoms with Gasteiger partial charge in [0.1, 0.15) is 11.8 Å². The molecule has 5 nitrogen and oxygen atoms in total. The first kappa shape index (κ1) is 15.4. The van der Waals surface area contributed by atoms with Gasteiger partial charge in [-0.05, 0) is 44.0 Å². The number of hydrogen-bond acceptors (Lipinski definition) is 3. The molecule has 0 saturated carbocycles. The van der Waals surface area contributed by atoms with Gasteiger partial charge in [0.15, 0.2) is 0 Å². The van der Waals surface area contributed by atoms with E-state index in [-0.39, 0.29) is 17.9 Å². The monoisotopic (exact) mass is 290 g/mol. The first-order valence-corrected chi connectivity index (χ1v) is 7.33. The molecule has 2 amide bonds. The Balaban J connectivity index is 2.17. The molecule has 2 atom stereocenters. The van der Waals surface area contributed by atoms with Gasteiger partial charge in [0, 0.05) is 18.2 Å². The lowest BCUT2D eigenvalue weighted by molar-refractivity contribution is -0.124. The Kier molecular flexibility index (Phi) is 4.83. The van der Waals surface area contributed by atoms with Gasteiger partial charge in [0.2, 0.25) is 11.8 Å². The lowest BCUT2D eigenvalue weighted by atomic mass is 10.1. The summed E-state index contributed by atoms with van der Waals surface area (Å²) < 4.78 is 5.12. The van der Waals surface area contributed by atoms with E-state index in [0.717, 1.165) is 17.9 Å². The molecule has 0 bridgehead atoms. The molecule has 1 aliphatic rings. The summed E-state index contributed by atoms with van der Waals surface area (Å²) in [6, 6.07) is 6.91. The molecule has 0 spiro atoms. The van der Waals surface area contributed by atoms with E-state index in [1.807, 2.05) is 26.0 Å². The largest absolute Gasteiger partial charge is 0.497 e. The SMILES string of the molecule is CCC(C)NC(=O)C1CCC(=O)N1c1ccc(OC)cc1. The Hall–Kier alpha value is -2.04. The van der Waals surface area contributed by atoms with E-state index in [1.165, 1.54) is 0 Å². The maximum absolute atomic E-state index is 12.3. The molecule has 1 aromatic carbocycles. The van der Waals surface area contributed by atoms with Gasteiger partial charge in [-0.2, -0.15) is 0 Å². The molecule has 21 heavy (non-hydrogen) atoms. The predicted octanol–water partition coefficient (Wildman–Crippen LogP) is 2.11. The van der Waals surface area contributed by atoms with Crippen LogP contribution < -0.4 is 15.0 Å². The summed E-state index contributed by atoms with van der Waals surface area (Å²) in [6.07, 6.45) is 1.84. The Morgan fingerprint density at radius 3 is 2.67 bits per heavy atom. The minimum absolute atomic E-state index is 0.00975. The second-order valence-electron chi connectivity index (χ2n) is 5.33. The van der Waals surface area contributed by atoms with E-state index in [9.17, 15) is 9.59 Å². The van der Waals surface area contributed by atoms with Gasteiger partial charge in [-0.1, -0.05) is 6.92 Å². The molecule has 1 saturated heterocycles. The zero-order valence-corrected chi connectivity index (χ0v) is 12.8. The summed E-state index contributed by atoms with van der Waals surface area (Å²) >= 11 is 0. The highest BCUT2D eigenvalue weighted by Crippen LogP contribution is 2.28. The fourth-order valence-electron chi connectivity index (χ4n) is 2.44. The third-order valence-corrected chi connectivity index (χ3v) is 3.87. The van der Waals surface area contributed by atoms with E-state index in [1.54, 1.807) is 24.1 Å². The van der Waals surface area contributed by atoms with Gasteiger partial charge in [-0.15, -0.1) is 0 Å². The van der Waals surface area contributed by atoms with Crippen LogP contribution in [0, 0.1) is 0 Å². The maximum atomic E-state index is 12.3. The van der Waals surface area contributed by atoms with Crippen molar-refractivity contribution in [1.29, 1.82) is 0 Å². The molecular formula is C16H22N2O3. The van der Waals surface area contributed by atoms with E-state index >= 15 is 0 Å². The molecule has 1 aromatic rings. The van der Waals surface area contributed by atoms with E-state index in [2.05, 4.69) is 5.32 Å². The van der Waals surface area contributed by atoms with Crippen LogP contribution in [0.4, 0.5) is 5.69 Å². The Bertz CT molecular complexity index is 513. The minimum Gasteiger partial charge on any atom is -0.497 e.